The largest absolute Gasteiger partial charge is 0.414 e. The number of aromatic nitrogens is 2. The summed E-state index contributed by atoms with van der Waals surface area (Å²) in [5.74, 6) is -1.46. The van der Waals surface area contributed by atoms with Crippen LogP contribution >= 0.6 is 0 Å². The molecule has 1 aromatic heterocycles. The standard InChI is InChI=1S/C22H30FN3O3Si/c1-15(29-30(5,6)22(2,3)4)7-10-20(27)17-9-8-16(13-18(17)23)26-21(28)19-14-24-11-12-25-19/h8-9,11-15H,7,10H2,1-6H3,(H,26,28)/t15-/m1/s1. The summed E-state index contributed by atoms with van der Waals surface area (Å²) in [4.78, 5) is 32.3. The fraction of sp³-hybridized carbons (Fsp3) is 0.455. The molecular formula is C22H30FN3O3Si. The van der Waals surface area contributed by atoms with E-state index in [-0.39, 0.29) is 40.3 Å². The van der Waals surface area contributed by atoms with Gasteiger partial charge in [-0.15, -0.1) is 0 Å². The third-order valence-corrected chi connectivity index (χ3v) is 10.0. The summed E-state index contributed by atoms with van der Waals surface area (Å²) >= 11 is 0. The lowest BCUT2D eigenvalue weighted by atomic mass is 10.0. The minimum Gasteiger partial charge on any atom is -0.414 e. The van der Waals surface area contributed by atoms with Gasteiger partial charge in [0.2, 0.25) is 0 Å². The molecule has 162 valence electrons. The maximum atomic E-state index is 14.5. The van der Waals surface area contributed by atoms with E-state index in [1.54, 1.807) is 0 Å². The van der Waals surface area contributed by atoms with Gasteiger partial charge in [-0.25, -0.2) is 9.37 Å². The van der Waals surface area contributed by atoms with E-state index in [4.69, 9.17) is 4.43 Å². The first-order valence-corrected chi connectivity index (χ1v) is 12.9. The fourth-order valence-corrected chi connectivity index (χ4v) is 4.12. The van der Waals surface area contributed by atoms with Gasteiger partial charge in [0.05, 0.1) is 11.8 Å². The van der Waals surface area contributed by atoms with Gasteiger partial charge >= 0.3 is 0 Å². The molecule has 30 heavy (non-hydrogen) atoms. The lowest BCUT2D eigenvalue weighted by Crippen LogP contribution is -2.43. The predicted molar refractivity (Wildman–Crippen MR) is 118 cm³/mol. The third-order valence-electron chi connectivity index (χ3n) is 5.40. The molecule has 1 heterocycles. The highest BCUT2D eigenvalue weighted by Crippen LogP contribution is 2.37. The van der Waals surface area contributed by atoms with Gasteiger partial charge < -0.3 is 9.74 Å². The summed E-state index contributed by atoms with van der Waals surface area (Å²) in [6.07, 6.45) is 4.80. The number of carbonyl (C=O) groups is 2. The highest BCUT2D eigenvalue weighted by molar-refractivity contribution is 6.74. The molecule has 0 spiro atoms. The summed E-state index contributed by atoms with van der Waals surface area (Å²) in [5, 5.41) is 2.63. The van der Waals surface area contributed by atoms with Crippen LogP contribution in [0.1, 0.15) is 61.4 Å². The molecule has 0 aliphatic rings. The molecule has 2 aromatic rings. The Balaban J connectivity index is 1.96. The van der Waals surface area contributed by atoms with Gasteiger partial charge in [-0.05, 0) is 49.7 Å². The zero-order valence-electron chi connectivity index (χ0n) is 18.5. The van der Waals surface area contributed by atoms with Crippen LogP contribution in [0.5, 0.6) is 0 Å². The number of nitrogens with one attached hydrogen (secondary N) is 1. The number of nitrogens with zero attached hydrogens (tertiary/aromatic N) is 2. The number of hydrogen-bond donors (Lipinski definition) is 1. The highest BCUT2D eigenvalue weighted by Gasteiger charge is 2.38. The molecule has 0 aliphatic heterocycles. The SMILES string of the molecule is C[C@H](CCC(=O)c1ccc(NC(=O)c2cnccn2)cc1F)O[Si](C)(C)C(C)(C)C. The number of rotatable bonds is 8. The van der Waals surface area contributed by atoms with Crippen molar-refractivity contribution in [2.45, 2.75) is 64.8 Å². The van der Waals surface area contributed by atoms with Crippen LogP contribution in [-0.2, 0) is 4.43 Å². The third kappa shape index (κ3) is 6.27. The first kappa shape index (κ1) is 23.8. The summed E-state index contributed by atoms with van der Waals surface area (Å²) < 4.78 is 20.7. The van der Waals surface area contributed by atoms with Crippen LogP contribution in [-0.4, -0.2) is 36.1 Å². The molecule has 1 atom stereocenters. The van der Waals surface area contributed by atoms with Gasteiger partial charge in [0.15, 0.2) is 14.1 Å². The fourth-order valence-electron chi connectivity index (χ4n) is 2.64. The number of amides is 1. The van der Waals surface area contributed by atoms with Crippen molar-refractivity contribution in [1.82, 2.24) is 9.97 Å². The normalized spacial score (nSPS) is 13.0. The zero-order valence-corrected chi connectivity index (χ0v) is 19.5. The van der Waals surface area contributed by atoms with Crippen molar-refractivity contribution in [3.8, 4) is 0 Å². The van der Waals surface area contributed by atoms with Crippen molar-refractivity contribution >= 4 is 25.7 Å². The van der Waals surface area contributed by atoms with Crippen molar-refractivity contribution in [3.05, 3.63) is 53.9 Å². The highest BCUT2D eigenvalue weighted by atomic mass is 28.4. The Morgan fingerprint density at radius 1 is 1.23 bits per heavy atom. The Morgan fingerprint density at radius 3 is 2.50 bits per heavy atom. The van der Waals surface area contributed by atoms with Gasteiger partial charge in [0.25, 0.3) is 5.91 Å². The van der Waals surface area contributed by atoms with Crippen LogP contribution in [0.25, 0.3) is 0 Å². The van der Waals surface area contributed by atoms with E-state index in [0.29, 0.717) is 6.42 Å². The minimum absolute atomic E-state index is 0.00651. The number of hydrogen-bond acceptors (Lipinski definition) is 5. The predicted octanol–water partition coefficient (Wildman–Crippen LogP) is 5.24. The van der Waals surface area contributed by atoms with Crippen LogP contribution in [0.15, 0.2) is 36.8 Å². The minimum atomic E-state index is -1.92. The molecule has 0 bridgehead atoms. The molecule has 0 aliphatic carbocycles. The maximum absolute atomic E-state index is 14.5. The number of benzene rings is 1. The monoisotopic (exact) mass is 431 g/mol. The second kappa shape index (κ2) is 9.57. The first-order valence-electron chi connectivity index (χ1n) is 9.98. The first-order chi connectivity index (χ1) is 13.9. The molecule has 0 unspecified atom stereocenters. The smallest absolute Gasteiger partial charge is 0.275 e. The Bertz CT molecular complexity index is 898. The molecule has 1 N–H and O–H groups in total. The van der Waals surface area contributed by atoms with Gasteiger partial charge in [0.1, 0.15) is 11.5 Å². The van der Waals surface area contributed by atoms with Crippen LogP contribution < -0.4 is 5.32 Å². The molecule has 0 radical (unpaired) electrons. The molecule has 1 amide bonds. The van der Waals surface area contributed by atoms with Crippen LogP contribution in [0, 0.1) is 5.82 Å². The summed E-state index contributed by atoms with van der Waals surface area (Å²) in [7, 11) is -1.92. The van der Waals surface area contributed by atoms with Gasteiger partial charge in [-0.2, -0.15) is 0 Å². The van der Waals surface area contributed by atoms with E-state index in [9.17, 15) is 14.0 Å². The summed E-state index contributed by atoms with van der Waals surface area (Å²) in [6.45, 7) is 12.8. The molecule has 6 nitrogen and oxygen atoms in total. The summed E-state index contributed by atoms with van der Waals surface area (Å²) in [6, 6.07) is 4.03. The number of anilines is 1. The van der Waals surface area contributed by atoms with Crippen molar-refractivity contribution in [1.29, 1.82) is 0 Å². The van der Waals surface area contributed by atoms with E-state index < -0.39 is 20.0 Å². The average Bonchev–Trinajstić information content (AvgIpc) is 2.65. The Hall–Kier alpha value is -2.45. The Morgan fingerprint density at radius 2 is 1.93 bits per heavy atom. The molecule has 0 fully saturated rings. The average molecular weight is 432 g/mol. The summed E-state index contributed by atoms with van der Waals surface area (Å²) in [5.41, 5.74) is 0.370. The Labute approximate surface area is 178 Å². The number of Topliss-reactive ketones (excluding diaryl/α,β-unsaturated/α-hetero) is 1. The van der Waals surface area contributed by atoms with Crippen molar-refractivity contribution in [3.63, 3.8) is 0 Å². The van der Waals surface area contributed by atoms with Crippen molar-refractivity contribution in [2.24, 2.45) is 0 Å². The maximum Gasteiger partial charge on any atom is 0.275 e. The second-order valence-corrected chi connectivity index (χ2v) is 13.6. The van der Waals surface area contributed by atoms with Crippen LogP contribution in [0.3, 0.4) is 0 Å². The number of carbonyl (C=O) groups excluding carboxylic acids is 2. The molecule has 0 saturated heterocycles. The van der Waals surface area contributed by atoms with E-state index in [2.05, 4.69) is 49.1 Å². The number of ketones is 1. The topological polar surface area (TPSA) is 81.2 Å². The molecule has 8 heteroatoms. The Kier molecular flexibility index (Phi) is 7.60. The lowest BCUT2D eigenvalue weighted by molar-refractivity contribution is 0.0949. The molecule has 1 aromatic carbocycles. The van der Waals surface area contributed by atoms with Crippen LogP contribution in [0.2, 0.25) is 18.1 Å². The van der Waals surface area contributed by atoms with Gasteiger partial charge in [-0.1, -0.05) is 20.8 Å². The molecular weight excluding hydrogens is 401 g/mol. The molecule has 2 rings (SSSR count). The molecule has 0 saturated carbocycles. The van der Waals surface area contributed by atoms with Crippen LogP contribution in [0.4, 0.5) is 10.1 Å². The van der Waals surface area contributed by atoms with E-state index in [1.165, 1.54) is 30.7 Å². The van der Waals surface area contributed by atoms with E-state index in [1.807, 2.05) is 6.92 Å². The zero-order chi connectivity index (χ0) is 22.5. The van der Waals surface area contributed by atoms with Crippen molar-refractivity contribution < 1.29 is 18.4 Å². The van der Waals surface area contributed by atoms with Gasteiger partial charge in [0, 0.05) is 30.6 Å². The number of halogens is 1. The van der Waals surface area contributed by atoms with Gasteiger partial charge in [-0.3, -0.25) is 14.6 Å². The quantitative estimate of drug-likeness (QED) is 0.456. The lowest BCUT2D eigenvalue weighted by Gasteiger charge is -2.38. The van der Waals surface area contributed by atoms with Crippen molar-refractivity contribution in [2.75, 3.05) is 5.32 Å². The van der Waals surface area contributed by atoms with E-state index in [0.717, 1.165) is 6.07 Å². The second-order valence-electron chi connectivity index (χ2n) is 8.89. The van der Waals surface area contributed by atoms with E-state index >= 15 is 0 Å².